The number of hydrogen-bond acceptors (Lipinski definition) is 4. The molecule has 0 aliphatic rings. The molecule has 24 heavy (non-hydrogen) atoms. The van der Waals surface area contributed by atoms with Crippen molar-refractivity contribution >= 4 is 28.0 Å². The van der Waals surface area contributed by atoms with Gasteiger partial charge in [-0.2, -0.15) is 21.6 Å². The van der Waals surface area contributed by atoms with Crippen LogP contribution >= 0.6 is 11.6 Å². The Morgan fingerprint density at radius 3 is 2.33 bits per heavy atom. The molecular formula is C15H10ClF3O4S. The Bertz CT molecular complexity index is 892. The zero-order valence-electron chi connectivity index (χ0n) is 12.1. The Morgan fingerprint density at radius 2 is 1.79 bits per heavy atom. The maximum Gasteiger partial charge on any atom is 0.534 e. The molecule has 2 rings (SSSR count). The molecule has 0 spiro atoms. The van der Waals surface area contributed by atoms with Crippen LogP contribution in [0.15, 0.2) is 36.4 Å². The normalized spacial score (nSPS) is 12.0. The van der Waals surface area contributed by atoms with Crippen molar-refractivity contribution in [3.8, 4) is 16.9 Å². The van der Waals surface area contributed by atoms with Crippen LogP contribution in [0.1, 0.15) is 15.9 Å². The molecule has 0 fully saturated rings. The molecule has 0 aromatic heterocycles. The molecule has 0 atom stereocenters. The quantitative estimate of drug-likeness (QED) is 0.450. The van der Waals surface area contributed by atoms with Gasteiger partial charge in [-0.15, -0.1) is 0 Å². The summed E-state index contributed by atoms with van der Waals surface area (Å²) in [4.78, 5) is 11.2. The van der Waals surface area contributed by atoms with Crippen LogP contribution in [0.2, 0.25) is 5.02 Å². The van der Waals surface area contributed by atoms with Crippen LogP contribution in [0.5, 0.6) is 5.75 Å². The summed E-state index contributed by atoms with van der Waals surface area (Å²) in [5, 5.41) is 0.448. The SMILES string of the molecule is Cc1ccc(-c2ccc(OS(=O)(=O)C(F)(F)F)cc2C=O)cc1Cl. The smallest absolute Gasteiger partial charge is 0.376 e. The van der Waals surface area contributed by atoms with Crippen LogP contribution in [-0.4, -0.2) is 20.2 Å². The lowest BCUT2D eigenvalue weighted by molar-refractivity contribution is -0.0500. The molecule has 0 aliphatic carbocycles. The Labute approximate surface area is 140 Å². The average Bonchev–Trinajstić information content (AvgIpc) is 2.48. The van der Waals surface area contributed by atoms with E-state index in [4.69, 9.17) is 11.6 Å². The van der Waals surface area contributed by atoms with E-state index in [1.54, 1.807) is 25.1 Å². The van der Waals surface area contributed by atoms with Gasteiger partial charge in [0.1, 0.15) is 5.75 Å². The van der Waals surface area contributed by atoms with Gasteiger partial charge >= 0.3 is 15.6 Å². The Kier molecular flexibility index (Phi) is 4.91. The van der Waals surface area contributed by atoms with Gasteiger partial charge in [0.25, 0.3) is 0 Å². The van der Waals surface area contributed by atoms with Gasteiger partial charge in [-0.1, -0.05) is 23.7 Å². The number of rotatable bonds is 4. The highest BCUT2D eigenvalue weighted by Crippen LogP contribution is 2.32. The van der Waals surface area contributed by atoms with E-state index in [9.17, 15) is 26.4 Å². The molecule has 2 aromatic rings. The first-order valence-electron chi connectivity index (χ1n) is 6.41. The molecule has 0 bridgehead atoms. The highest BCUT2D eigenvalue weighted by atomic mass is 35.5. The standard InChI is InChI=1S/C15H10ClF3O4S/c1-9-2-3-10(7-14(9)16)13-5-4-12(6-11(13)8-20)23-24(21,22)15(17,18)19/h2-8H,1H3. The van der Waals surface area contributed by atoms with Gasteiger partial charge in [0.05, 0.1) is 0 Å². The largest absolute Gasteiger partial charge is 0.534 e. The van der Waals surface area contributed by atoms with Crippen LogP contribution in [0.4, 0.5) is 13.2 Å². The second-order valence-electron chi connectivity index (χ2n) is 4.81. The summed E-state index contributed by atoms with van der Waals surface area (Å²) >= 11 is 6.01. The molecule has 128 valence electrons. The second kappa shape index (κ2) is 6.45. The van der Waals surface area contributed by atoms with E-state index in [2.05, 4.69) is 4.18 Å². The molecule has 9 heteroatoms. The van der Waals surface area contributed by atoms with Crippen LogP contribution in [-0.2, 0) is 10.1 Å². The van der Waals surface area contributed by atoms with Crippen molar-refractivity contribution in [2.24, 2.45) is 0 Å². The van der Waals surface area contributed by atoms with Crippen LogP contribution in [0.25, 0.3) is 11.1 Å². The van der Waals surface area contributed by atoms with Crippen LogP contribution in [0.3, 0.4) is 0 Å². The topological polar surface area (TPSA) is 60.4 Å². The van der Waals surface area contributed by atoms with Crippen molar-refractivity contribution in [3.63, 3.8) is 0 Å². The van der Waals surface area contributed by atoms with E-state index in [1.807, 2.05) is 0 Å². The summed E-state index contributed by atoms with van der Waals surface area (Å²) in [7, 11) is -5.80. The van der Waals surface area contributed by atoms with Gasteiger partial charge in [-0.3, -0.25) is 4.79 Å². The fraction of sp³-hybridized carbons (Fsp3) is 0.133. The number of benzene rings is 2. The van der Waals surface area contributed by atoms with Gasteiger partial charge in [0.15, 0.2) is 6.29 Å². The fourth-order valence-corrected chi connectivity index (χ4v) is 2.52. The molecular weight excluding hydrogens is 369 g/mol. The number of alkyl halides is 3. The lowest BCUT2D eigenvalue weighted by atomic mass is 9.99. The van der Waals surface area contributed by atoms with Crippen molar-refractivity contribution < 1.29 is 30.6 Å². The molecule has 0 amide bonds. The van der Waals surface area contributed by atoms with E-state index in [1.165, 1.54) is 6.07 Å². The van der Waals surface area contributed by atoms with Gasteiger partial charge in [0.2, 0.25) is 0 Å². The van der Waals surface area contributed by atoms with Gasteiger partial charge < -0.3 is 4.18 Å². The molecule has 0 saturated carbocycles. The summed E-state index contributed by atoms with van der Waals surface area (Å²) in [5.74, 6) is -0.614. The van der Waals surface area contributed by atoms with Gasteiger partial charge in [-0.25, -0.2) is 0 Å². The first-order chi connectivity index (χ1) is 11.0. The third-order valence-corrected chi connectivity index (χ3v) is 4.51. The number of aldehydes is 1. The zero-order valence-corrected chi connectivity index (χ0v) is 13.7. The third-order valence-electron chi connectivity index (χ3n) is 3.12. The number of carbonyl (C=O) groups excluding carboxylic acids is 1. The fourth-order valence-electron chi connectivity index (χ4n) is 1.89. The lowest BCUT2D eigenvalue weighted by Crippen LogP contribution is -2.28. The van der Waals surface area contributed by atoms with Gasteiger partial charge in [0, 0.05) is 10.6 Å². The molecule has 2 aromatic carbocycles. The Balaban J connectivity index is 2.45. The van der Waals surface area contributed by atoms with E-state index in [-0.39, 0.29) is 5.56 Å². The van der Waals surface area contributed by atoms with E-state index in [0.717, 1.165) is 17.7 Å². The molecule has 0 heterocycles. The van der Waals surface area contributed by atoms with E-state index >= 15 is 0 Å². The minimum atomic E-state index is -5.80. The minimum Gasteiger partial charge on any atom is -0.376 e. The van der Waals surface area contributed by atoms with Crippen LogP contribution in [0, 0.1) is 6.92 Å². The zero-order chi connectivity index (χ0) is 18.1. The molecule has 0 unspecified atom stereocenters. The highest BCUT2D eigenvalue weighted by Gasteiger charge is 2.48. The van der Waals surface area contributed by atoms with Crippen molar-refractivity contribution in [2.75, 3.05) is 0 Å². The monoisotopic (exact) mass is 378 g/mol. The Morgan fingerprint density at radius 1 is 1.12 bits per heavy atom. The summed E-state index contributed by atoms with van der Waals surface area (Å²) in [5.41, 5.74) is -3.85. The summed E-state index contributed by atoms with van der Waals surface area (Å²) in [6.07, 6.45) is 0.385. The molecule has 4 nitrogen and oxygen atoms in total. The number of hydrogen-bond donors (Lipinski definition) is 0. The Hall–Kier alpha value is -2.06. The van der Waals surface area contributed by atoms with Crippen LogP contribution < -0.4 is 4.18 Å². The summed E-state index contributed by atoms with van der Waals surface area (Å²) in [6, 6.07) is 8.21. The van der Waals surface area contributed by atoms with E-state index in [0.29, 0.717) is 22.4 Å². The number of halogens is 4. The number of aryl methyl sites for hydroxylation is 1. The minimum absolute atomic E-state index is 0.0372. The molecule has 0 saturated heterocycles. The second-order valence-corrected chi connectivity index (χ2v) is 6.76. The first-order valence-corrected chi connectivity index (χ1v) is 8.20. The predicted octanol–water partition coefficient (Wildman–Crippen LogP) is 4.36. The first kappa shape index (κ1) is 18.3. The lowest BCUT2D eigenvalue weighted by Gasteiger charge is -2.12. The summed E-state index contributed by atoms with van der Waals surface area (Å²) < 4.78 is 63.0. The van der Waals surface area contributed by atoms with Crippen molar-refractivity contribution in [2.45, 2.75) is 12.4 Å². The predicted molar refractivity (Wildman–Crippen MR) is 82.6 cm³/mol. The molecule has 0 N–H and O–H groups in total. The summed E-state index contributed by atoms with van der Waals surface area (Å²) in [6.45, 7) is 1.78. The van der Waals surface area contributed by atoms with Crippen molar-refractivity contribution in [1.29, 1.82) is 0 Å². The van der Waals surface area contributed by atoms with Gasteiger partial charge in [-0.05, 0) is 47.9 Å². The maximum absolute atomic E-state index is 12.3. The average molecular weight is 379 g/mol. The maximum atomic E-state index is 12.3. The van der Waals surface area contributed by atoms with Crippen molar-refractivity contribution in [3.05, 3.63) is 52.5 Å². The third kappa shape index (κ3) is 3.70. The molecule has 0 aliphatic heterocycles. The highest BCUT2D eigenvalue weighted by molar-refractivity contribution is 7.88. The van der Waals surface area contributed by atoms with E-state index < -0.39 is 21.4 Å². The molecule has 0 radical (unpaired) electrons. The van der Waals surface area contributed by atoms with Crippen molar-refractivity contribution in [1.82, 2.24) is 0 Å². The number of carbonyl (C=O) groups is 1.